The molecule has 2 rings (SSSR count). The molecule has 0 radical (unpaired) electrons. The van der Waals surface area contributed by atoms with E-state index in [1.807, 2.05) is 6.92 Å². The Hall–Kier alpha value is -2.83. The van der Waals surface area contributed by atoms with E-state index >= 15 is 0 Å². The quantitative estimate of drug-likeness (QED) is 0.715. The van der Waals surface area contributed by atoms with E-state index in [9.17, 15) is 14.4 Å². The number of ether oxygens (including phenoxy) is 1. The first-order chi connectivity index (χ1) is 11.5. The van der Waals surface area contributed by atoms with Crippen LogP contribution in [0.4, 0.5) is 0 Å². The minimum atomic E-state index is -1.07. The Morgan fingerprint density at radius 2 is 2.04 bits per heavy atom. The largest absolute Gasteiger partial charge is 0.484 e. The zero-order valence-electron chi connectivity index (χ0n) is 13.3. The Labute approximate surface area is 138 Å². The van der Waals surface area contributed by atoms with Crippen LogP contribution < -0.4 is 15.7 Å². The monoisotopic (exact) mass is 333 g/mol. The van der Waals surface area contributed by atoms with E-state index in [1.54, 1.807) is 18.2 Å². The third kappa shape index (κ3) is 4.84. The molecule has 0 fully saturated rings. The predicted octanol–water partition coefficient (Wildman–Crippen LogP) is 1.93. The Morgan fingerprint density at radius 1 is 1.29 bits per heavy atom. The predicted molar refractivity (Wildman–Crippen MR) is 87.1 cm³/mol. The number of carbonyl (C=O) groups is 2. The van der Waals surface area contributed by atoms with Gasteiger partial charge in [-0.05, 0) is 24.6 Å². The summed E-state index contributed by atoms with van der Waals surface area (Å²) in [5.41, 5.74) is -0.121. The number of hydrogen-bond acceptors (Lipinski definition) is 5. The van der Waals surface area contributed by atoms with Crippen LogP contribution in [-0.2, 0) is 9.59 Å². The highest BCUT2D eigenvalue weighted by Gasteiger charge is 2.19. The van der Waals surface area contributed by atoms with Gasteiger partial charge in [-0.25, -0.2) is 9.59 Å². The van der Waals surface area contributed by atoms with Gasteiger partial charge in [0.25, 0.3) is 5.91 Å². The molecule has 128 valence electrons. The summed E-state index contributed by atoms with van der Waals surface area (Å²) in [4.78, 5) is 34.1. The molecule has 0 aliphatic heterocycles. The number of fused-ring (bicyclic) bond motifs is 1. The molecule has 0 bridgehead atoms. The van der Waals surface area contributed by atoms with Crippen molar-refractivity contribution >= 4 is 22.8 Å². The standard InChI is InChI=1S/C17H19NO6/c1-2-3-4-13(17(21)22)18-15(19)10-23-12-7-5-11-6-8-16(20)24-14(11)9-12/h5-9,13H,2-4,10H2,1H3,(H,18,19)(H,21,22)/t13-/m1/s1. The minimum absolute atomic E-state index is 0.321. The summed E-state index contributed by atoms with van der Waals surface area (Å²) in [5.74, 6) is -1.23. The van der Waals surface area contributed by atoms with E-state index in [-0.39, 0.29) is 6.61 Å². The van der Waals surface area contributed by atoms with Crippen LogP contribution in [0.25, 0.3) is 11.0 Å². The number of benzene rings is 1. The lowest BCUT2D eigenvalue weighted by atomic mass is 10.1. The molecular formula is C17H19NO6. The molecule has 1 amide bonds. The fraction of sp³-hybridized carbons (Fsp3) is 0.353. The van der Waals surface area contributed by atoms with Crippen molar-refractivity contribution in [3.8, 4) is 5.75 Å². The summed E-state index contributed by atoms with van der Waals surface area (Å²) in [5, 5.41) is 12.2. The van der Waals surface area contributed by atoms with E-state index in [2.05, 4.69) is 5.32 Å². The zero-order valence-corrected chi connectivity index (χ0v) is 13.3. The number of rotatable bonds is 8. The molecule has 0 aliphatic rings. The summed E-state index contributed by atoms with van der Waals surface area (Å²) in [6, 6.07) is 6.88. The smallest absolute Gasteiger partial charge is 0.336 e. The lowest BCUT2D eigenvalue weighted by molar-refractivity contribution is -0.142. The SMILES string of the molecule is CCCC[C@@H](NC(=O)COc1ccc2ccc(=O)oc2c1)C(=O)O. The molecule has 0 spiro atoms. The van der Waals surface area contributed by atoms with Crippen molar-refractivity contribution in [2.24, 2.45) is 0 Å². The Bertz CT molecular complexity index is 782. The van der Waals surface area contributed by atoms with Crippen molar-refractivity contribution in [2.75, 3.05) is 6.61 Å². The number of amides is 1. The molecule has 0 aliphatic carbocycles. The van der Waals surface area contributed by atoms with Crippen LogP contribution in [0.3, 0.4) is 0 Å². The molecule has 0 saturated carbocycles. The van der Waals surface area contributed by atoms with Crippen LogP contribution in [-0.4, -0.2) is 29.6 Å². The second-order valence-corrected chi connectivity index (χ2v) is 5.34. The fourth-order valence-electron chi connectivity index (χ4n) is 2.18. The molecule has 2 aromatic rings. The van der Waals surface area contributed by atoms with Crippen molar-refractivity contribution in [2.45, 2.75) is 32.2 Å². The number of carbonyl (C=O) groups excluding carboxylic acids is 1. The molecule has 1 aromatic carbocycles. The fourth-order valence-corrected chi connectivity index (χ4v) is 2.18. The van der Waals surface area contributed by atoms with Crippen molar-refractivity contribution in [1.82, 2.24) is 5.32 Å². The van der Waals surface area contributed by atoms with Crippen LogP contribution in [0.5, 0.6) is 5.75 Å². The molecular weight excluding hydrogens is 314 g/mol. The van der Waals surface area contributed by atoms with E-state index in [0.717, 1.165) is 11.8 Å². The van der Waals surface area contributed by atoms with Gasteiger partial charge in [0.15, 0.2) is 6.61 Å². The van der Waals surface area contributed by atoms with Gasteiger partial charge in [0.2, 0.25) is 0 Å². The van der Waals surface area contributed by atoms with Gasteiger partial charge in [-0.2, -0.15) is 0 Å². The molecule has 2 N–H and O–H groups in total. The summed E-state index contributed by atoms with van der Waals surface area (Å²) < 4.78 is 10.4. The van der Waals surface area contributed by atoms with Gasteiger partial charge in [0, 0.05) is 17.5 Å². The van der Waals surface area contributed by atoms with Crippen molar-refractivity contribution < 1.29 is 23.8 Å². The first-order valence-electron chi connectivity index (χ1n) is 7.68. The van der Waals surface area contributed by atoms with Crippen molar-refractivity contribution in [1.29, 1.82) is 0 Å². The van der Waals surface area contributed by atoms with Crippen molar-refractivity contribution in [3.05, 3.63) is 40.8 Å². The van der Waals surface area contributed by atoms with E-state index in [1.165, 1.54) is 12.1 Å². The normalized spacial score (nSPS) is 11.9. The third-order valence-electron chi connectivity index (χ3n) is 3.44. The molecule has 7 nitrogen and oxygen atoms in total. The molecule has 24 heavy (non-hydrogen) atoms. The molecule has 0 unspecified atom stereocenters. The highest BCUT2D eigenvalue weighted by molar-refractivity contribution is 5.84. The topological polar surface area (TPSA) is 106 Å². The van der Waals surface area contributed by atoms with Crippen LogP contribution in [0.15, 0.2) is 39.5 Å². The average Bonchev–Trinajstić information content (AvgIpc) is 2.56. The van der Waals surface area contributed by atoms with Crippen LogP contribution in [0.2, 0.25) is 0 Å². The van der Waals surface area contributed by atoms with Gasteiger partial charge in [-0.1, -0.05) is 19.8 Å². The Morgan fingerprint density at radius 3 is 2.75 bits per heavy atom. The molecule has 0 saturated heterocycles. The average molecular weight is 333 g/mol. The summed E-state index contributed by atoms with van der Waals surface area (Å²) in [6.45, 7) is 1.63. The summed E-state index contributed by atoms with van der Waals surface area (Å²) in [7, 11) is 0. The molecule has 1 heterocycles. The summed E-state index contributed by atoms with van der Waals surface area (Å²) >= 11 is 0. The maximum atomic E-state index is 11.8. The third-order valence-corrected chi connectivity index (χ3v) is 3.44. The van der Waals surface area contributed by atoms with Crippen LogP contribution in [0, 0.1) is 0 Å². The van der Waals surface area contributed by atoms with Gasteiger partial charge >= 0.3 is 11.6 Å². The number of carboxylic acid groups (broad SMARTS) is 1. The Kier molecular flexibility index (Phi) is 5.95. The summed E-state index contributed by atoms with van der Waals surface area (Å²) in [6.07, 6.45) is 1.93. The number of unbranched alkanes of at least 4 members (excludes halogenated alkanes) is 1. The van der Waals surface area contributed by atoms with E-state index < -0.39 is 23.5 Å². The number of hydrogen-bond donors (Lipinski definition) is 2. The van der Waals surface area contributed by atoms with Crippen LogP contribution >= 0.6 is 0 Å². The van der Waals surface area contributed by atoms with E-state index in [4.69, 9.17) is 14.3 Å². The molecule has 7 heteroatoms. The minimum Gasteiger partial charge on any atom is -0.484 e. The van der Waals surface area contributed by atoms with Gasteiger partial charge in [-0.15, -0.1) is 0 Å². The van der Waals surface area contributed by atoms with Crippen molar-refractivity contribution in [3.63, 3.8) is 0 Å². The maximum absolute atomic E-state index is 11.8. The van der Waals surface area contributed by atoms with Crippen LogP contribution in [0.1, 0.15) is 26.2 Å². The van der Waals surface area contributed by atoms with Gasteiger partial charge < -0.3 is 19.6 Å². The second kappa shape index (κ2) is 8.14. The van der Waals surface area contributed by atoms with Gasteiger partial charge in [0.05, 0.1) is 0 Å². The Balaban J connectivity index is 1.95. The van der Waals surface area contributed by atoms with Gasteiger partial charge in [0.1, 0.15) is 17.4 Å². The number of aliphatic carboxylic acids is 1. The zero-order chi connectivity index (χ0) is 17.5. The maximum Gasteiger partial charge on any atom is 0.336 e. The first kappa shape index (κ1) is 17.5. The lowest BCUT2D eigenvalue weighted by Crippen LogP contribution is -2.42. The number of nitrogens with one attached hydrogen (secondary N) is 1. The molecule has 1 aromatic heterocycles. The second-order valence-electron chi connectivity index (χ2n) is 5.34. The highest BCUT2D eigenvalue weighted by atomic mass is 16.5. The van der Waals surface area contributed by atoms with Gasteiger partial charge in [-0.3, -0.25) is 4.79 Å². The van der Waals surface area contributed by atoms with E-state index in [0.29, 0.717) is 24.2 Å². The molecule has 1 atom stereocenters. The first-order valence-corrected chi connectivity index (χ1v) is 7.68. The lowest BCUT2D eigenvalue weighted by Gasteiger charge is -2.14. The highest BCUT2D eigenvalue weighted by Crippen LogP contribution is 2.19. The number of carboxylic acids is 1.